The highest BCUT2D eigenvalue weighted by atomic mass is 79.9. The highest BCUT2D eigenvalue weighted by Gasteiger charge is 2.18. The second-order valence-corrected chi connectivity index (χ2v) is 5.45. The average Bonchev–Trinajstić information content (AvgIpc) is 2.92. The number of aromatic nitrogens is 3. The molecule has 2 heterocycles. The Morgan fingerprint density at radius 1 is 1.45 bits per heavy atom. The molecule has 0 aliphatic rings. The van der Waals surface area contributed by atoms with Gasteiger partial charge in [-0.25, -0.2) is 4.79 Å². The first-order valence-corrected chi connectivity index (χ1v) is 7.41. The number of aryl methyl sites for hydroxylation is 3. The van der Waals surface area contributed by atoms with Gasteiger partial charge in [0.15, 0.2) is 0 Å². The summed E-state index contributed by atoms with van der Waals surface area (Å²) < 4.78 is 4.65. The van der Waals surface area contributed by atoms with Crippen molar-refractivity contribution in [3.8, 4) is 0 Å². The third-order valence-corrected chi connectivity index (χ3v) is 4.30. The minimum absolute atomic E-state index is 0.332. The Morgan fingerprint density at radius 2 is 2.15 bits per heavy atom. The van der Waals surface area contributed by atoms with Gasteiger partial charge in [0.05, 0.1) is 22.4 Å². The van der Waals surface area contributed by atoms with Crippen LogP contribution in [0.1, 0.15) is 41.3 Å². The predicted octanol–water partition coefficient (Wildman–Crippen LogP) is 3.08. The van der Waals surface area contributed by atoms with E-state index in [1.165, 1.54) is 0 Å². The van der Waals surface area contributed by atoms with Crippen LogP contribution in [0, 0.1) is 6.92 Å². The third-order valence-electron chi connectivity index (χ3n) is 3.38. The molecule has 2 aromatic heterocycles. The second kappa shape index (κ2) is 5.83. The first-order valence-electron chi connectivity index (χ1n) is 6.62. The molecule has 20 heavy (non-hydrogen) atoms. The van der Waals surface area contributed by atoms with Crippen LogP contribution in [0.2, 0.25) is 0 Å². The molecule has 0 saturated heterocycles. The molecule has 5 nitrogen and oxygen atoms in total. The van der Waals surface area contributed by atoms with Crippen LogP contribution in [0.15, 0.2) is 16.7 Å². The fraction of sp³-hybridized carbons (Fsp3) is 0.429. The second-order valence-electron chi connectivity index (χ2n) is 4.66. The standard InChI is InChI=1S/C14H18BrN3O2/c1-4-10-12(15)11(18(5-2)16-10)8-17-7-6-9(3)13(17)14(19)20/h6-7H,4-5,8H2,1-3H3,(H,19,20). The normalized spacial score (nSPS) is 11.0. The van der Waals surface area contributed by atoms with Crippen molar-refractivity contribution >= 4 is 21.9 Å². The van der Waals surface area contributed by atoms with Gasteiger partial charge in [-0.2, -0.15) is 5.10 Å². The molecule has 0 aromatic carbocycles. The Hall–Kier alpha value is -1.56. The quantitative estimate of drug-likeness (QED) is 0.910. The van der Waals surface area contributed by atoms with Gasteiger partial charge >= 0.3 is 5.97 Å². The van der Waals surface area contributed by atoms with Gasteiger partial charge in [-0.3, -0.25) is 4.68 Å². The molecule has 0 atom stereocenters. The summed E-state index contributed by atoms with van der Waals surface area (Å²) in [6.45, 7) is 7.15. The van der Waals surface area contributed by atoms with Crippen molar-refractivity contribution in [3.63, 3.8) is 0 Å². The predicted molar refractivity (Wildman–Crippen MR) is 80.2 cm³/mol. The molecule has 0 aliphatic heterocycles. The molecule has 0 amide bonds. The van der Waals surface area contributed by atoms with Crippen LogP contribution in [-0.4, -0.2) is 25.4 Å². The van der Waals surface area contributed by atoms with E-state index in [2.05, 4.69) is 28.0 Å². The van der Waals surface area contributed by atoms with Crippen LogP contribution in [0.5, 0.6) is 0 Å². The van der Waals surface area contributed by atoms with E-state index in [9.17, 15) is 9.90 Å². The van der Waals surface area contributed by atoms with Gasteiger partial charge in [0, 0.05) is 12.7 Å². The molecule has 0 fully saturated rings. The van der Waals surface area contributed by atoms with Gasteiger partial charge in [0.1, 0.15) is 5.69 Å². The molecule has 108 valence electrons. The molecule has 0 bridgehead atoms. The number of nitrogens with zero attached hydrogens (tertiary/aromatic N) is 3. The molecule has 0 aliphatic carbocycles. The Kier molecular flexibility index (Phi) is 4.32. The zero-order valence-corrected chi connectivity index (χ0v) is 13.4. The summed E-state index contributed by atoms with van der Waals surface area (Å²) in [5, 5.41) is 13.8. The topological polar surface area (TPSA) is 60.0 Å². The maximum atomic E-state index is 11.3. The number of carboxylic acids is 1. The van der Waals surface area contributed by atoms with Crippen LogP contribution in [-0.2, 0) is 19.5 Å². The Balaban J connectivity index is 2.45. The van der Waals surface area contributed by atoms with E-state index in [-0.39, 0.29) is 0 Å². The van der Waals surface area contributed by atoms with Gasteiger partial charge in [-0.1, -0.05) is 6.92 Å². The summed E-state index contributed by atoms with van der Waals surface area (Å²) >= 11 is 3.58. The van der Waals surface area contributed by atoms with Crippen molar-refractivity contribution in [2.75, 3.05) is 0 Å². The highest BCUT2D eigenvalue weighted by molar-refractivity contribution is 9.10. The van der Waals surface area contributed by atoms with Crippen LogP contribution < -0.4 is 0 Å². The Morgan fingerprint density at radius 3 is 2.70 bits per heavy atom. The Labute approximate surface area is 126 Å². The smallest absolute Gasteiger partial charge is 0.352 e. The fourth-order valence-electron chi connectivity index (χ4n) is 2.33. The molecule has 1 N–H and O–H groups in total. The number of aromatic carboxylic acids is 1. The van der Waals surface area contributed by atoms with E-state index in [1.807, 2.05) is 30.8 Å². The lowest BCUT2D eigenvalue weighted by Gasteiger charge is -2.09. The van der Waals surface area contributed by atoms with E-state index >= 15 is 0 Å². The fourth-order valence-corrected chi connectivity index (χ4v) is 3.02. The van der Waals surface area contributed by atoms with Crippen molar-refractivity contribution in [1.82, 2.24) is 14.3 Å². The zero-order chi connectivity index (χ0) is 14.9. The summed E-state index contributed by atoms with van der Waals surface area (Å²) in [6, 6.07) is 1.82. The van der Waals surface area contributed by atoms with E-state index in [4.69, 9.17) is 0 Å². The maximum absolute atomic E-state index is 11.3. The lowest BCUT2D eigenvalue weighted by Crippen LogP contribution is -2.13. The first kappa shape index (κ1) is 14.8. The first-order chi connectivity index (χ1) is 9.49. The summed E-state index contributed by atoms with van der Waals surface area (Å²) in [4.78, 5) is 11.3. The number of hydrogen-bond donors (Lipinski definition) is 1. The monoisotopic (exact) mass is 339 g/mol. The van der Waals surface area contributed by atoms with Gasteiger partial charge in [0.2, 0.25) is 0 Å². The average molecular weight is 340 g/mol. The van der Waals surface area contributed by atoms with E-state index in [0.717, 1.165) is 34.4 Å². The van der Waals surface area contributed by atoms with Crippen LogP contribution in [0.25, 0.3) is 0 Å². The SMILES string of the molecule is CCc1nn(CC)c(Cn2ccc(C)c2C(=O)O)c1Br. The number of carboxylic acid groups (broad SMARTS) is 1. The number of hydrogen-bond acceptors (Lipinski definition) is 2. The lowest BCUT2D eigenvalue weighted by atomic mass is 10.2. The summed E-state index contributed by atoms with van der Waals surface area (Å²) in [5.41, 5.74) is 3.11. The van der Waals surface area contributed by atoms with Crippen molar-refractivity contribution in [2.24, 2.45) is 0 Å². The number of carbonyl (C=O) groups is 1. The van der Waals surface area contributed by atoms with E-state index in [0.29, 0.717) is 12.2 Å². The molecular weight excluding hydrogens is 322 g/mol. The third kappa shape index (κ3) is 2.52. The zero-order valence-electron chi connectivity index (χ0n) is 11.9. The molecule has 2 rings (SSSR count). The molecule has 6 heteroatoms. The largest absolute Gasteiger partial charge is 0.477 e. The van der Waals surface area contributed by atoms with E-state index < -0.39 is 5.97 Å². The Bertz CT molecular complexity index is 643. The van der Waals surface area contributed by atoms with Crippen molar-refractivity contribution in [2.45, 2.75) is 40.3 Å². The van der Waals surface area contributed by atoms with Crippen molar-refractivity contribution in [3.05, 3.63) is 39.4 Å². The summed E-state index contributed by atoms with van der Waals surface area (Å²) in [7, 11) is 0. The summed E-state index contributed by atoms with van der Waals surface area (Å²) in [5.74, 6) is -0.901. The number of halogens is 1. The minimum atomic E-state index is -0.901. The summed E-state index contributed by atoms with van der Waals surface area (Å²) in [6.07, 6.45) is 2.65. The van der Waals surface area contributed by atoms with Crippen LogP contribution in [0.3, 0.4) is 0 Å². The van der Waals surface area contributed by atoms with Crippen LogP contribution >= 0.6 is 15.9 Å². The van der Waals surface area contributed by atoms with Crippen molar-refractivity contribution in [1.29, 1.82) is 0 Å². The lowest BCUT2D eigenvalue weighted by molar-refractivity contribution is 0.0684. The molecule has 0 spiro atoms. The molecule has 0 saturated carbocycles. The number of rotatable bonds is 5. The molecule has 0 radical (unpaired) electrons. The molecular formula is C14H18BrN3O2. The van der Waals surface area contributed by atoms with Crippen molar-refractivity contribution < 1.29 is 9.90 Å². The van der Waals surface area contributed by atoms with Gasteiger partial charge in [0.25, 0.3) is 0 Å². The molecule has 0 unspecified atom stereocenters. The molecule has 2 aromatic rings. The van der Waals surface area contributed by atoms with Gasteiger partial charge in [-0.05, 0) is 47.8 Å². The maximum Gasteiger partial charge on any atom is 0.352 e. The highest BCUT2D eigenvalue weighted by Crippen LogP contribution is 2.24. The van der Waals surface area contributed by atoms with E-state index in [1.54, 1.807) is 4.57 Å². The van der Waals surface area contributed by atoms with Gasteiger partial charge < -0.3 is 9.67 Å². The minimum Gasteiger partial charge on any atom is -0.477 e. The van der Waals surface area contributed by atoms with Crippen LogP contribution in [0.4, 0.5) is 0 Å². The van der Waals surface area contributed by atoms with Gasteiger partial charge in [-0.15, -0.1) is 0 Å².